The van der Waals surface area contributed by atoms with Crippen LogP contribution in [0.15, 0.2) is 146 Å². The zero-order valence-corrected chi connectivity index (χ0v) is 30.7. The van der Waals surface area contributed by atoms with Crippen molar-refractivity contribution in [3.05, 3.63) is 146 Å². The number of nitrogens with one attached hydrogen (secondary N) is 2. The largest absolute Gasteiger partial charge is 0.384 e. The molecule has 8 aromatic rings. The molecule has 2 N–H and O–H groups in total. The fourth-order valence-electron chi connectivity index (χ4n) is 7.92. The fourth-order valence-corrected chi connectivity index (χ4v) is 7.92. The summed E-state index contributed by atoms with van der Waals surface area (Å²) in [5.74, 6) is 0. The molecule has 1 aliphatic rings. The van der Waals surface area contributed by atoms with Crippen LogP contribution < -0.4 is 10.6 Å². The molecular weight excluding hydrogens is 661 g/mol. The minimum absolute atomic E-state index is 0.934. The molecule has 0 saturated carbocycles. The number of hydrogen-bond donors (Lipinski definition) is 2. The summed E-state index contributed by atoms with van der Waals surface area (Å²) in [6.45, 7) is 8.59. The van der Waals surface area contributed by atoms with Crippen molar-refractivity contribution in [2.75, 3.05) is 63.0 Å². The molecule has 1 aliphatic heterocycles. The third-order valence-electron chi connectivity index (χ3n) is 10.9. The van der Waals surface area contributed by atoms with E-state index in [4.69, 9.17) is 9.97 Å². The van der Waals surface area contributed by atoms with Gasteiger partial charge in [0.15, 0.2) is 0 Å². The number of para-hydroxylation sites is 2. The highest BCUT2D eigenvalue weighted by atomic mass is 15.3. The van der Waals surface area contributed by atoms with Gasteiger partial charge in [-0.25, -0.2) is 9.97 Å². The van der Waals surface area contributed by atoms with E-state index in [-0.39, 0.29) is 0 Å². The number of piperazine rings is 1. The Morgan fingerprint density at radius 3 is 1.30 bits per heavy atom. The number of benzene rings is 6. The lowest BCUT2D eigenvalue weighted by Gasteiger charge is -2.34. The van der Waals surface area contributed by atoms with Crippen LogP contribution in [-0.4, -0.2) is 72.1 Å². The number of aromatic nitrogens is 2. The van der Waals surface area contributed by atoms with Crippen molar-refractivity contribution in [3.8, 4) is 22.5 Å². The average Bonchev–Trinajstić information content (AvgIpc) is 3.23. The van der Waals surface area contributed by atoms with Gasteiger partial charge in [-0.15, -0.1) is 0 Å². The van der Waals surface area contributed by atoms with Crippen molar-refractivity contribution in [1.29, 1.82) is 0 Å². The van der Waals surface area contributed by atoms with Crippen LogP contribution in [0.3, 0.4) is 0 Å². The van der Waals surface area contributed by atoms with Crippen molar-refractivity contribution in [2.45, 2.75) is 12.8 Å². The Morgan fingerprint density at radius 1 is 0.426 bits per heavy atom. The second-order valence-electron chi connectivity index (χ2n) is 14.5. The summed E-state index contributed by atoms with van der Waals surface area (Å²) in [7, 11) is 0. The zero-order valence-electron chi connectivity index (χ0n) is 30.7. The first-order valence-corrected chi connectivity index (χ1v) is 19.4. The summed E-state index contributed by atoms with van der Waals surface area (Å²) in [6.07, 6.45) is 2.21. The maximum absolute atomic E-state index is 5.04. The molecule has 0 atom stereocenters. The van der Waals surface area contributed by atoms with E-state index in [0.29, 0.717) is 0 Å². The van der Waals surface area contributed by atoms with E-state index in [2.05, 4.69) is 166 Å². The van der Waals surface area contributed by atoms with E-state index in [9.17, 15) is 0 Å². The highest BCUT2D eigenvalue weighted by Crippen LogP contribution is 2.32. The third kappa shape index (κ3) is 7.49. The van der Waals surface area contributed by atoms with Crippen LogP contribution in [0.25, 0.3) is 65.9 Å². The smallest absolute Gasteiger partial charge is 0.0730 e. The molecule has 9 rings (SSSR count). The first-order valence-electron chi connectivity index (χ1n) is 19.4. The second kappa shape index (κ2) is 15.7. The number of fused-ring (bicyclic) bond motifs is 4. The van der Waals surface area contributed by atoms with Crippen LogP contribution in [0.2, 0.25) is 0 Å². The van der Waals surface area contributed by atoms with Gasteiger partial charge in [0.1, 0.15) is 0 Å². The lowest BCUT2D eigenvalue weighted by molar-refractivity contribution is 0.132. The first kappa shape index (κ1) is 34.0. The van der Waals surface area contributed by atoms with Crippen LogP contribution in [-0.2, 0) is 0 Å². The van der Waals surface area contributed by atoms with Crippen LogP contribution in [0.1, 0.15) is 12.8 Å². The van der Waals surface area contributed by atoms with E-state index in [1.807, 2.05) is 0 Å². The molecule has 1 saturated heterocycles. The standard InChI is InChI=1S/C48H46N6/c1-3-13-37-31-39(21-19-35(37)11-1)45-33-47(41-15-5-7-17-43(41)51-45)49-23-9-25-53-27-29-54(30-28-53)26-10-24-50-48-34-46(52-44-18-8-6-16-42(44)48)40-22-20-36-12-2-4-14-38(36)32-40/h1-8,11-22,31-34H,9-10,23-30H2,(H,49,51)(H,50,52). The lowest BCUT2D eigenvalue weighted by atomic mass is 10.0. The van der Waals surface area contributed by atoms with Gasteiger partial charge >= 0.3 is 0 Å². The quantitative estimate of drug-likeness (QED) is 0.123. The number of hydrogen-bond acceptors (Lipinski definition) is 6. The van der Waals surface area contributed by atoms with E-state index >= 15 is 0 Å². The lowest BCUT2D eigenvalue weighted by Crippen LogP contribution is -2.47. The van der Waals surface area contributed by atoms with Crippen molar-refractivity contribution >= 4 is 54.7 Å². The van der Waals surface area contributed by atoms with Gasteiger partial charge in [0.05, 0.1) is 22.4 Å². The van der Waals surface area contributed by atoms with Gasteiger partial charge in [0, 0.05) is 72.5 Å². The molecule has 0 radical (unpaired) electrons. The molecule has 0 spiro atoms. The number of anilines is 2. The molecule has 0 bridgehead atoms. The maximum Gasteiger partial charge on any atom is 0.0730 e. The Bertz CT molecular complexity index is 2380. The normalized spacial score (nSPS) is 13.9. The Balaban J connectivity index is 0.757. The van der Waals surface area contributed by atoms with Gasteiger partial charge in [0.2, 0.25) is 0 Å². The first-order chi connectivity index (χ1) is 26.7. The maximum atomic E-state index is 5.04. The predicted molar refractivity (Wildman–Crippen MR) is 228 cm³/mol. The van der Waals surface area contributed by atoms with Gasteiger partial charge in [-0.05, 0) is 83.9 Å². The van der Waals surface area contributed by atoms with E-state index in [0.717, 1.165) is 110 Å². The summed E-state index contributed by atoms with van der Waals surface area (Å²) in [4.78, 5) is 15.3. The molecule has 3 heterocycles. The molecule has 54 heavy (non-hydrogen) atoms. The van der Waals surface area contributed by atoms with Crippen LogP contribution >= 0.6 is 0 Å². The predicted octanol–water partition coefficient (Wildman–Crippen LogP) is 10.3. The summed E-state index contributed by atoms with van der Waals surface area (Å²) in [5.41, 5.74) is 8.68. The van der Waals surface area contributed by atoms with Gasteiger partial charge in [0.25, 0.3) is 0 Å². The summed E-state index contributed by atoms with van der Waals surface area (Å²) < 4.78 is 0. The van der Waals surface area contributed by atoms with Crippen molar-refractivity contribution in [3.63, 3.8) is 0 Å². The number of nitrogens with zero attached hydrogens (tertiary/aromatic N) is 4. The molecular formula is C48H46N6. The molecule has 0 amide bonds. The SMILES string of the molecule is c1ccc2cc(-c3cc(NCCCN4CCN(CCCNc5cc(-c6ccc7ccccc7c6)nc6ccccc56)CC4)c4ccccc4n3)ccc2c1. The summed E-state index contributed by atoms with van der Waals surface area (Å²) in [6, 6.07) is 51.7. The third-order valence-corrected chi connectivity index (χ3v) is 10.9. The molecule has 6 heteroatoms. The van der Waals surface area contributed by atoms with Crippen molar-refractivity contribution < 1.29 is 0 Å². The van der Waals surface area contributed by atoms with Gasteiger partial charge in [-0.3, -0.25) is 0 Å². The van der Waals surface area contributed by atoms with Crippen LogP contribution in [0, 0.1) is 0 Å². The highest BCUT2D eigenvalue weighted by molar-refractivity contribution is 5.96. The Hall–Kier alpha value is -5.82. The molecule has 0 aliphatic carbocycles. The van der Waals surface area contributed by atoms with Gasteiger partial charge in [-0.1, -0.05) is 109 Å². The van der Waals surface area contributed by atoms with Crippen LogP contribution in [0.5, 0.6) is 0 Å². The average molecular weight is 707 g/mol. The van der Waals surface area contributed by atoms with Crippen molar-refractivity contribution in [2.24, 2.45) is 0 Å². The Labute approximate surface area is 317 Å². The molecule has 0 unspecified atom stereocenters. The van der Waals surface area contributed by atoms with E-state index in [1.165, 1.54) is 32.3 Å². The fraction of sp³-hybridized carbons (Fsp3) is 0.208. The Morgan fingerprint density at radius 2 is 0.833 bits per heavy atom. The van der Waals surface area contributed by atoms with E-state index < -0.39 is 0 Å². The topological polar surface area (TPSA) is 56.3 Å². The molecule has 6 nitrogen and oxygen atoms in total. The minimum atomic E-state index is 0.934. The monoisotopic (exact) mass is 706 g/mol. The van der Waals surface area contributed by atoms with Crippen LogP contribution in [0.4, 0.5) is 11.4 Å². The molecule has 6 aromatic carbocycles. The number of pyridine rings is 2. The van der Waals surface area contributed by atoms with E-state index in [1.54, 1.807) is 0 Å². The molecule has 268 valence electrons. The number of rotatable bonds is 12. The zero-order chi connectivity index (χ0) is 36.1. The molecule has 2 aromatic heterocycles. The summed E-state index contributed by atoms with van der Waals surface area (Å²) >= 11 is 0. The van der Waals surface area contributed by atoms with Crippen molar-refractivity contribution in [1.82, 2.24) is 19.8 Å². The van der Waals surface area contributed by atoms with Gasteiger partial charge < -0.3 is 20.4 Å². The summed E-state index contributed by atoms with van der Waals surface area (Å²) in [5, 5.41) is 14.9. The highest BCUT2D eigenvalue weighted by Gasteiger charge is 2.17. The molecule has 1 fully saturated rings. The van der Waals surface area contributed by atoms with Gasteiger partial charge in [-0.2, -0.15) is 0 Å². The Kier molecular flexibility index (Phi) is 9.85. The second-order valence-corrected chi connectivity index (χ2v) is 14.5. The minimum Gasteiger partial charge on any atom is -0.384 e.